The summed E-state index contributed by atoms with van der Waals surface area (Å²) in [5.41, 5.74) is -3.96. The van der Waals surface area contributed by atoms with E-state index < -0.39 is 87.0 Å². The molecule has 0 bridgehead atoms. The number of phenolic OH excluding ortho intramolecular Hbond substituents is 1. The highest BCUT2D eigenvalue weighted by Crippen LogP contribution is 2.64. The Balaban J connectivity index is 1.62. The summed E-state index contributed by atoms with van der Waals surface area (Å²) in [6.45, 7) is 11.6. The minimum atomic E-state index is -2.79. The van der Waals surface area contributed by atoms with Crippen LogP contribution in [0.5, 0.6) is 5.75 Å². The van der Waals surface area contributed by atoms with Gasteiger partial charge in [-0.1, -0.05) is 77.9 Å². The van der Waals surface area contributed by atoms with E-state index in [2.05, 4.69) is 0 Å². The van der Waals surface area contributed by atoms with Gasteiger partial charge in [-0.25, -0.2) is 0 Å². The summed E-state index contributed by atoms with van der Waals surface area (Å²) in [6, 6.07) is 10.0. The van der Waals surface area contributed by atoms with Crippen LogP contribution >= 0.6 is 0 Å². The van der Waals surface area contributed by atoms with Crippen LogP contribution in [0, 0.1) is 34.5 Å². The average molecular weight is 643 g/mol. The second kappa shape index (κ2) is 11.5. The fraction of sp³-hybridized carbons (Fsp3) is 0.500. The van der Waals surface area contributed by atoms with Gasteiger partial charge in [0.15, 0.2) is 34.5 Å². The molecule has 0 amide bonds. The highest BCUT2D eigenvalue weighted by atomic mass is 16.3. The SMILES string of the molecule is CC(=O)C1C(=O)C(C(C)C)[C@@]2(C)C[C@@]3(C)Cc4c(C(C)C)cc(CC(=O)CC(=O)c5ccccc5)c(O)c4C(=O)C3C(=O)[C@@]2(O)C1=O. The zero-order valence-electron chi connectivity index (χ0n) is 27.9. The van der Waals surface area contributed by atoms with Gasteiger partial charge in [-0.15, -0.1) is 0 Å². The van der Waals surface area contributed by atoms with Gasteiger partial charge in [0.05, 0.1) is 17.9 Å². The highest BCUT2D eigenvalue weighted by Gasteiger charge is 2.76. The predicted molar refractivity (Wildman–Crippen MR) is 171 cm³/mol. The molecule has 0 saturated heterocycles. The maximum absolute atomic E-state index is 14.6. The molecular weight excluding hydrogens is 600 g/mol. The third kappa shape index (κ3) is 4.96. The summed E-state index contributed by atoms with van der Waals surface area (Å²) in [5, 5.41) is 23.8. The molecule has 2 aromatic carbocycles. The third-order valence-electron chi connectivity index (χ3n) is 11.0. The van der Waals surface area contributed by atoms with Crippen LogP contribution in [0.2, 0.25) is 0 Å². The van der Waals surface area contributed by atoms with E-state index in [-0.39, 0.29) is 42.1 Å². The van der Waals surface area contributed by atoms with Gasteiger partial charge < -0.3 is 10.2 Å². The van der Waals surface area contributed by atoms with Crippen LogP contribution in [-0.2, 0) is 36.8 Å². The van der Waals surface area contributed by atoms with Crippen molar-refractivity contribution in [1.29, 1.82) is 0 Å². The van der Waals surface area contributed by atoms with Crippen LogP contribution in [0.15, 0.2) is 36.4 Å². The van der Waals surface area contributed by atoms with Crippen molar-refractivity contribution in [2.75, 3.05) is 0 Å². The molecule has 0 aromatic heterocycles. The lowest BCUT2D eigenvalue weighted by Crippen LogP contribution is -2.76. The van der Waals surface area contributed by atoms with Crippen LogP contribution in [0.3, 0.4) is 0 Å². The molecule has 2 N–H and O–H groups in total. The number of Topliss-reactive ketones (excluding diaryl/α,β-unsaturated/α-hetero) is 7. The molecular formula is C38H42O9. The Morgan fingerprint density at radius 1 is 0.957 bits per heavy atom. The van der Waals surface area contributed by atoms with Crippen molar-refractivity contribution < 1.29 is 43.8 Å². The Hall–Kier alpha value is -4.11. The van der Waals surface area contributed by atoms with Crippen LogP contribution in [0.25, 0.3) is 0 Å². The van der Waals surface area contributed by atoms with Crippen molar-refractivity contribution in [2.45, 2.75) is 85.7 Å². The van der Waals surface area contributed by atoms with E-state index in [1.54, 1.807) is 57.2 Å². The Morgan fingerprint density at radius 3 is 2.13 bits per heavy atom. The van der Waals surface area contributed by atoms with E-state index >= 15 is 0 Å². The molecule has 0 radical (unpaired) electrons. The third-order valence-corrected chi connectivity index (χ3v) is 11.0. The molecule has 2 aromatic rings. The number of phenols is 1. The molecule has 2 saturated carbocycles. The second-order valence-electron chi connectivity index (χ2n) is 15.0. The first-order chi connectivity index (χ1) is 21.8. The standard InChI is InChI=1S/C38H42O9/c1-18(2)24-14-22(13-23(40)15-26(41)21-11-9-8-10-12-21)31(42)28-25(24)16-36(6)17-37(7)29(19(3)4)32(43)27(20(5)39)34(45)38(37,47)35(46)30(36)33(28)44/h8-12,14,18-19,27,29-30,42,47H,13,15-17H2,1-7H3/t27?,29?,30?,36-,37-,38+/m1/s1. The van der Waals surface area contributed by atoms with E-state index in [0.29, 0.717) is 16.7 Å². The number of carbonyl (C=O) groups excluding carboxylic acids is 7. The minimum Gasteiger partial charge on any atom is -0.507 e. The van der Waals surface area contributed by atoms with E-state index in [1.807, 2.05) is 13.8 Å². The maximum Gasteiger partial charge on any atom is 0.190 e. The maximum atomic E-state index is 14.6. The molecule has 248 valence electrons. The number of ketones is 7. The number of benzene rings is 2. The lowest BCUT2D eigenvalue weighted by Gasteiger charge is -2.62. The molecule has 6 atom stereocenters. The quantitative estimate of drug-likeness (QED) is 0.310. The topological polar surface area (TPSA) is 160 Å². The van der Waals surface area contributed by atoms with Crippen molar-refractivity contribution in [1.82, 2.24) is 0 Å². The molecule has 0 heterocycles. The van der Waals surface area contributed by atoms with Crippen molar-refractivity contribution in [3.8, 4) is 5.75 Å². The molecule has 5 rings (SSSR count). The first-order valence-electron chi connectivity index (χ1n) is 16.2. The van der Waals surface area contributed by atoms with Gasteiger partial charge in [0, 0.05) is 28.9 Å². The molecule has 3 aliphatic carbocycles. The zero-order valence-corrected chi connectivity index (χ0v) is 27.9. The summed E-state index contributed by atoms with van der Waals surface area (Å²) >= 11 is 0. The number of aliphatic hydroxyl groups is 1. The predicted octanol–water partition coefficient (Wildman–Crippen LogP) is 4.60. The van der Waals surface area contributed by atoms with Crippen LogP contribution in [0.4, 0.5) is 0 Å². The summed E-state index contributed by atoms with van der Waals surface area (Å²) in [4.78, 5) is 95.0. The smallest absolute Gasteiger partial charge is 0.190 e. The van der Waals surface area contributed by atoms with E-state index in [0.717, 1.165) is 6.92 Å². The molecule has 0 spiro atoms. The lowest BCUT2D eigenvalue weighted by atomic mass is 9.39. The first-order valence-corrected chi connectivity index (χ1v) is 16.2. The Morgan fingerprint density at radius 2 is 1.57 bits per heavy atom. The monoisotopic (exact) mass is 642 g/mol. The number of carbonyl (C=O) groups is 7. The first kappa shape index (κ1) is 34.2. The van der Waals surface area contributed by atoms with Crippen LogP contribution in [-0.4, -0.2) is 56.3 Å². The van der Waals surface area contributed by atoms with Crippen molar-refractivity contribution in [3.05, 3.63) is 64.2 Å². The van der Waals surface area contributed by atoms with Crippen molar-refractivity contribution in [3.63, 3.8) is 0 Å². The molecule has 9 heteroatoms. The van der Waals surface area contributed by atoms with Gasteiger partial charge in [0.1, 0.15) is 23.2 Å². The molecule has 3 aliphatic rings. The fourth-order valence-corrected chi connectivity index (χ4v) is 9.12. The Labute approximate surface area is 274 Å². The van der Waals surface area contributed by atoms with Gasteiger partial charge in [0.2, 0.25) is 0 Å². The molecule has 0 aliphatic heterocycles. The Kier molecular flexibility index (Phi) is 8.41. The summed E-state index contributed by atoms with van der Waals surface area (Å²) in [5.74, 6) is -10.8. The lowest BCUT2D eigenvalue weighted by molar-refractivity contribution is -0.205. The normalized spacial score (nSPS) is 30.2. The fourth-order valence-electron chi connectivity index (χ4n) is 9.12. The second-order valence-corrected chi connectivity index (χ2v) is 15.0. The van der Waals surface area contributed by atoms with E-state index in [1.165, 1.54) is 6.92 Å². The van der Waals surface area contributed by atoms with E-state index in [9.17, 15) is 43.8 Å². The molecule has 47 heavy (non-hydrogen) atoms. The van der Waals surface area contributed by atoms with Gasteiger partial charge in [-0.3, -0.25) is 33.6 Å². The summed E-state index contributed by atoms with van der Waals surface area (Å²) in [6.07, 6.45) is -0.657. The van der Waals surface area contributed by atoms with Crippen molar-refractivity contribution in [2.24, 2.45) is 34.5 Å². The van der Waals surface area contributed by atoms with Gasteiger partial charge in [0.25, 0.3) is 0 Å². The molecule has 9 nitrogen and oxygen atoms in total. The molecule has 3 unspecified atom stereocenters. The number of rotatable bonds is 8. The number of hydrogen-bond acceptors (Lipinski definition) is 9. The average Bonchev–Trinajstić information content (AvgIpc) is 2.96. The van der Waals surface area contributed by atoms with Crippen LogP contribution in [0.1, 0.15) is 105 Å². The molecule has 2 fully saturated rings. The van der Waals surface area contributed by atoms with E-state index in [4.69, 9.17) is 0 Å². The van der Waals surface area contributed by atoms with Gasteiger partial charge in [-0.05, 0) is 48.1 Å². The van der Waals surface area contributed by atoms with Gasteiger partial charge in [-0.2, -0.15) is 0 Å². The number of aromatic hydroxyl groups is 1. The zero-order chi connectivity index (χ0) is 35.0. The number of hydrogen-bond donors (Lipinski definition) is 2. The van der Waals surface area contributed by atoms with Crippen LogP contribution < -0.4 is 0 Å². The summed E-state index contributed by atoms with van der Waals surface area (Å²) in [7, 11) is 0. The van der Waals surface area contributed by atoms with Gasteiger partial charge >= 0.3 is 0 Å². The minimum absolute atomic E-state index is 0.0385. The highest BCUT2D eigenvalue weighted by molar-refractivity contribution is 6.32. The largest absolute Gasteiger partial charge is 0.507 e. The van der Waals surface area contributed by atoms with Crippen molar-refractivity contribution >= 4 is 40.5 Å². The summed E-state index contributed by atoms with van der Waals surface area (Å²) < 4.78 is 0. The Bertz CT molecular complexity index is 1750. The number of fused-ring (bicyclic) bond motifs is 3.